The van der Waals surface area contributed by atoms with Gasteiger partial charge in [-0.2, -0.15) is 0 Å². The van der Waals surface area contributed by atoms with Crippen LogP contribution in [0.2, 0.25) is 5.02 Å². The fourth-order valence-electron chi connectivity index (χ4n) is 3.68. The zero-order valence-electron chi connectivity index (χ0n) is 15.7. The molecule has 0 amide bonds. The molecular weight excluding hydrogens is 379 g/mol. The van der Waals surface area contributed by atoms with Crippen molar-refractivity contribution in [2.75, 3.05) is 13.1 Å². The third kappa shape index (κ3) is 5.39. The first-order chi connectivity index (χ1) is 13.4. The zero-order chi connectivity index (χ0) is 20.1. The molecular formula is C22H26ClFN2O2. The van der Waals surface area contributed by atoms with E-state index in [1.807, 2.05) is 29.2 Å². The van der Waals surface area contributed by atoms with Crippen LogP contribution in [0.3, 0.4) is 0 Å². The molecule has 0 aromatic heterocycles. The highest BCUT2D eigenvalue weighted by Crippen LogP contribution is 2.28. The van der Waals surface area contributed by atoms with Gasteiger partial charge in [0.1, 0.15) is 0 Å². The Morgan fingerprint density at radius 3 is 2.36 bits per heavy atom. The lowest BCUT2D eigenvalue weighted by Gasteiger charge is -2.41. The van der Waals surface area contributed by atoms with E-state index in [1.165, 1.54) is 0 Å². The number of hydrogen-bond donors (Lipinski definition) is 2. The lowest BCUT2D eigenvalue weighted by Crippen LogP contribution is -2.53. The maximum Gasteiger partial charge on any atom is 0.197 e. The number of ketones is 1. The Balaban J connectivity index is 1.51. The molecule has 0 saturated carbocycles. The van der Waals surface area contributed by atoms with E-state index >= 15 is 0 Å². The molecule has 0 aliphatic carbocycles. The van der Waals surface area contributed by atoms with Gasteiger partial charge < -0.3 is 10.8 Å². The number of nitrogens with two attached hydrogens (primary N) is 1. The number of halogens is 2. The third-order valence-corrected chi connectivity index (χ3v) is 5.69. The lowest BCUT2D eigenvalue weighted by molar-refractivity contribution is -0.0323. The number of piperidine rings is 1. The summed E-state index contributed by atoms with van der Waals surface area (Å²) in [5, 5.41) is 11.6. The SMILES string of the molecule is NC(CC(F)C(=O)c1ccccc1)N1CCC(O)(Cc2ccc(Cl)cc2)CC1. The van der Waals surface area contributed by atoms with Crippen LogP contribution in [-0.2, 0) is 6.42 Å². The second kappa shape index (κ2) is 9.14. The summed E-state index contributed by atoms with van der Waals surface area (Å²) in [4.78, 5) is 14.1. The van der Waals surface area contributed by atoms with Gasteiger partial charge in [0.05, 0.1) is 11.8 Å². The van der Waals surface area contributed by atoms with Crippen LogP contribution < -0.4 is 5.73 Å². The quantitative estimate of drug-likeness (QED) is 0.692. The second-order valence-corrected chi connectivity index (χ2v) is 8.00. The van der Waals surface area contributed by atoms with Crippen molar-refractivity contribution in [3.8, 4) is 0 Å². The highest BCUT2D eigenvalue weighted by Gasteiger charge is 2.35. The number of carbonyl (C=O) groups excluding carboxylic acids is 1. The molecule has 150 valence electrons. The predicted molar refractivity (Wildman–Crippen MR) is 109 cm³/mol. The van der Waals surface area contributed by atoms with Crippen LogP contribution in [0.4, 0.5) is 4.39 Å². The standard InChI is InChI=1S/C22H26ClFN2O2/c23-18-8-6-16(7-9-18)15-22(28)10-12-26(13-11-22)20(25)14-19(24)21(27)17-4-2-1-3-5-17/h1-9,19-20,28H,10-15,25H2. The van der Waals surface area contributed by atoms with E-state index < -0.39 is 23.7 Å². The van der Waals surface area contributed by atoms with Gasteiger partial charge in [0, 0.05) is 36.5 Å². The molecule has 6 heteroatoms. The number of aliphatic hydroxyl groups is 1. The van der Waals surface area contributed by atoms with E-state index in [-0.39, 0.29) is 6.42 Å². The number of likely N-dealkylation sites (tertiary alicyclic amines) is 1. The van der Waals surface area contributed by atoms with Gasteiger partial charge in [0.25, 0.3) is 0 Å². The molecule has 28 heavy (non-hydrogen) atoms. The highest BCUT2D eigenvalue weighted by molar-refractivity contribution is 6.30. The summed E-state index contributed by atoms with van der Waals surface area (Å²) in [6, 6.07) is 15.9. The van der Waals surface area contributed by atoms with Gasteiger partial charge in [0.15, 0.2) is 12.0 Å². The van der Waals surface area contributed by atoms with Gasteiger partial charge in [-0.15, -0.1) is 0 Å². The molecule has 1 heterocycles. The fourth-order valence-corrected chi connectivity index (χ4v) is 3.81. The van der Waals surface area contributed by atoms with Gasteiger partial charge in [-0.05, 0) is 30.5 Å². The zero-order valence-corrected chi connectivity index (χ0v) is 16.5. The number of carbonyl (C=O) groups is 1. The fraction of sp³-hybridized carbons (Fsp3) is 0.409. The first-order valence-corrected chi connectivity index (χ1v) is 9.94. The normalized spacial score (nSPS) is 19.1. The minimum atomic E-state index is -1.63. The summed E-state index contributed by atoms with van der Waals surface area (Å²) in [7, 11) is 0. The third-order valence-electron chi connectivity index (χ3n) is 5.44. The average Bonchev–Trinajstić information content (AvgIpc) is 2.70. The molecule has 0 bridgehead atoms. The number of alkyl halides is 1. The Morgan fingerprint density at radius 1 is 1.14 bits per heavy atom. The van der Waals surface area contributed by atoms with Gasteiger partial charge in [-0.25, -0.2) is 4.39 Å². The number of Topliss-reactive ketones (excluding diaryl/α,β-unsaturated/α-hetero) is 1. The largest absolute Gasteiger partial charge is 0.389 e. The molecule has 2 atom stereocenters. The van der Waals surface area contributed by atoms with E-state index in [1.54, 1.807) is 30.3 Å². The molecule has 3 N–H and O–H groups in total. The van der Waals surface area contributed by atoms with Crippen LogP contribution in [-0.4, -0.2) is 46.8 Å². The summed E-state index contributed by atoms with van der Waals surface area (Å²) < 4.78 is 14.4. The summed E-state index contributed by atoms with van der Waals surface area (Å²) in [5.74, 6) is -0.535. The van der Waals surface area contributed by atoms with Gasteiger partial charge in [-0.3, -0.25) is 9.69 Å². The minimum Gasteiger partial charge on any atom is -0.389 e. The van der Waals surface area contributed by atoms with E-state index in [0.29, 0.717) is 42.9 Å². The van der Waals surface area contributed by atoms with Gasteiger partial charge >= 0.3 is 0 Å². The summed E-state index contributed by atoms with van der Waals surface area (Å²) in [5.41, 5.74) is 6.74. The van der Waals surface area contributed by atoms with E-state index in [2.05, 4.69) is 0 Å². The first-order valence-electron chi connectivity index (χ1n) is 9.56. The number of hydrogen-bond acceptors (Lipinski definition) is 4. The van der Waals surface area contributed by atoms with E-state index in [9.17, 15) is 14.3 Å². The summed E-state index contributed by atoms with van der Waals surface area (Å²) in [6.45, 7) is 1.13. The minimum absolute atomic E-state index is 0.0522. The second-order valence-electron chi connectivity index (χ2n) is 7.56. The summed E-state index contributed by atoms with van der Waals surface area (Å²) >= 11 is 5.91. The Bertz CT molecular complexity index is 777. The average molecular weight is 405 g/mol. The molecule has 0 spiro atoms. The molecule has 1 aliphatic rings. The number of nitrogens with zero attached hydrogens (tertiary/aromatic N) is 1. The first kappa shape index (κ1) is 20.9. The van der Waals surface area contributed by atoms with Crippen LogP contribution in [0.5, 0.6) is 0 Å². The Kier molecular flexibility index (Phi) is 6.83. The van der Waals surface area contributed by atoms with Crippen molar-refractivity contribution in [2.45, 2.75) is 43.6 Å². The van der Waals surface area contributed by atoms with Crippen molar-refractivity contribution in [2.24, 2.45) is 5.73 Å². The van der Waals surface area contributed by atoms with Crippen molar-refractivity contribution in [1.82, 2.24) is 4.90 Å². The Morgan fingerprint density at radius 2 is 1.75 bits per heavy atom. The topological polar surface area (TPSA) is 66.6 Å². The molecule has 0 radical (unpaired) electrons. The number of benzene rings is 2. The molecule has 1 aliphatic heterocycles. The van der Waals surface area contributed by atoms with Crippen LogP contribution in [0.1, 0.15) is 35.2 Å². The maximum absolute atomic E-state index is 14.4. The van der Waals surface area contributed by atoms with Crippen molar-refractivity contribution >= 4 is 17.4 Å². The van der Waals surface area contributed by atoms with E-state index in [0.717, 1.165) is 5.56 Å². The molecule has 2 unspecified atom stereocenters. The highest BCUT2D eigenvalue weighted by atomic mass is 35.5. The molecule has 4 nitrogen and oxygen atoms in total. The van der Waals surface area contributed by atoms with Crippen molar-refractivity contribution in [3.63, 3.8) is 0 Å². The maximum atomic E-state index is 14.4. The van der Waals surface area contributed by atoms with Crippen molar-refractivity contribution < 1.29 is 14.3 Å². The van der Waals surface area contributed by atoms with Crippen molar-refractivity contribution in [1.29, 1.82) is 0 Å². The Labute approximate surface area is 170 Å². The predicted octanol–water partition coefficient (Wildman–Crippen LogP) is 3.61. The monoisotopic (exact) mass is 404 g/mol. The van der Waals surface area contributed by atoms with Crippen LogP contribution >= 0.6 is 11.6 Å². The van der Waals surface area contributed by atoms with Crippen molar-refractivity contribution in [3.05, 3.63) is 70.7 Å². The molecule has 3 rings (SSSR count). The molecule has 1 fully saturated rings. The lowest BCUT2D eigenvalue weighted by atomic mass is 9.85. The summed E-state index contributed by atoms with van der Waals surface area (Å²) in [6.07, 6.45) is -0.593. The Hall–Kier alpha value is -1.79. The molecule has 2 aromatic carbocycles. The smallest absolute Gasteiger partial charge is 0.197 e. The van der Waals surface area contributed by atoms with Crippen LogP contribution in [0.25, 0.3) is 0 Å². The molecule has 1 saturated heterocycles. The van der Waals surface area contributed by atoms with Crippen LogP contribution in [0.15, 0.2) is 54.6 Å². The number of rotatable bonds is 7. The van der Waals surface area contributed by atoms with Crippen LogP contribution in [0, 0.1) is 0 Å². The molecule has 2 aromatic rings. The van der Waals surface area contributed by atoms with Gasteiger partial charge in [0.2, 0.25) is 0 Å². The van der Waals surface area contributed by atoms with Gasteiger partial charge in [-0.1, -0.05) is 54.1 Å². The van der Waals surface area contributed by atoms with E-state index in [4.69, 9.17) is 17.3 Å².